The van der Waals surface area contributed by atoms with Gasteiger partial charge in [-0.15, -0.1) is 0 Å². The molecule has 1 saturated heterocycles. The molecule has 120 valence electrons. The maximum absolute atomic E-state index is 12.4. The van der Waals surface area contributed by atoms with Gasteiger partial charge in [0.25, 0.3) is 0 Å². The number of ether oxygens (including phenoxy) is 1. The van der Waals surface area contributed by atoms with Crippen molar-refractivity contribution < 1.29 is 14.6 Å². The van der Waals surface area contributed by atoms with Crippen molar-refractivity contribution in [3.05, 3.63) is 71.8 Å². The number of hydrogen-bond donors (Lipinski definition) is 1. The first kappa shape index (κ1) is 15.7. The Balaban J connectivity index is 1.61. The van der Waals surface area contributed by atoms with Gasteiger partial charge < -0.3 is 9.84 Å². The van der Waals surface area contributed by atoms with E-state index in [0.29, 0.717) is 19.5 Å². The van der Waals surface area contributed by atoms with Gasteiger partial charge in [0, 0.05) is 19.5 Å². The van der Waals surface area contributed by atoms with Crippen molar-refractivity contribution in [2.24, 2.45) is 0 Å². The van der Waals surface area contributed by atoms with Gasteiger partial charge in [0.05, 0.1) is 6.10 Å². The van der Waals surface area contributed by atoms with E-state index in [1.165, 1.54) is 0 Å². The van der Waals surface area contributed by atoms with Crippen LogP contribution >= 0.6 is 0 Å². The number of likely N-dealkylation sites (tertiary alicyclic amines) is 1. The Labute approximate surface area is 136 Å². The summed E-state index contributed by atoms with van der Waals surface area (Å²) >= 11 is 0. The van der Waals surface area contributed by atoms with E-state index >= 15 is 0 Å². The SMILES string of the molecule is O=C(OCc1ccccc1)[C@H]1C[C@@H](O)CN1Cc1ccccc1. The highest BCUT2D eigenvalue weighted by molar-refractivity contribution is 5.76. The van der Waals surface area contributed by atoms with E-state index in [2.05, 4.69) is 0 Å². The van der Waals surface area contributed by atoms with Crippen LogP contribution in [0, 0.1) is 0 Å². The number of esters is 1. The molecule has 2 aromatic rings. The maximum atomic E-state index is 12.4. The minimum absolute atomic E-state index is 0.263. The Hall–Kier alpha value is -2.17. The van der Waals surface area contributed by atoms with Gasteiger partial charge in [-0.1, -0.05) is 60.7 Å². The van der Waals surface area contributed by atoms with Gasteiger partial charge in [-0.05, 0) is 11.1 Å². The van der Waals surface area contributed by atoms with E-state index in [1.54, 1.807) is 0 Å². The Morgan fingerprint density at radius 1 is 1.04 bits per heavy atom. The zero-order valence-electron chi connectivity index (χ0n) is 13.0. The molecule has 1 aliphatic rings. The van der Waals surface area contributed by atoms with Crippen LogP contribution in [-0.2, 0) is 22.7 Å². The highest BCUT2D eigenvalue weighted by Gasteiger charge is 2.36. The van der Waals surface area contributed by atoms with Crippen LogP contribution < -0.4 is 0 Å². The van der Waals surface area contributed by atoms with E-state index in [1.807, 2.05) is 65.6 Å². The van der Waals surface area contributed by atoms with Gasteiger partial charge in [-0.2, -0.15) is 0 Å². The summed E-state index contributed by atoms with van der Waals surface area (Å²) in [7, 11) is 0. The van der Waals surface area contributed by atoms with Crippen LogP contribution in [0.1, 0.15) is 17.5 Å². The third-order valence-electron chi connectivity index (χ3n) is 4.11. The highest BCUT2D eigenvalue weighted by Crippen LogP contribution is 2.22. The monoisotopic (exact) mass is 311 g/mol. The second kappa shape index (κ2) is 7.40. The maximum Gasteiger partial charge on any atom is 0.323 e. The van der Waals surface area contributed by atoms with Crippen molar-refractivity contribution in [1.29, 1.82) is 0 Å². The van der Waals surface area contributed by atoms with Crippen LogP contribution in [0.5, 0.6) is 0 Å². The van der Waals surface area contributed by atoms with Gasteiger partial charge in [0.1, 0.15) is 12.6 Å². The summed E-state index contributed by atoms with van der Waals surface area (Å²) in [6, 6.07) is 19.2. The van der Waals surface area contributed by atoms with E-state index in [4.69, 9.17) is 4.74 Å². The lowest BCUT2D eigenvalue weighted by atomic mass is 10.1. The number of carbonyl (C=O) groups excluding carboxylic acids is 1. The summed E-state index contributed by atoms with van der Waals surface area (Å²) in [6.45, 7) is 1.41. The zero-order chi connectivity index (χ0) is 16.1. The molecule has 1 heterocycles. The number of carbonyl (C=O) groups is 1. The normalized spacial score (nSPS) is 21.3. The Morgan fingerprint density at radius 3 is 2.30 bits per heavy atom. The predicted molar refractivity (Wildman–Crippen MR) is 87.5 cm³/mol. The van der Waals surface area contributed by atoms with Gasteiger partial charge >= 0.3 is 5.97 Å². The minimum Gasteiger partial charge on any atom is -0.460 e. The van der Waals surface area contributed by atoms with Crippen LogP contribution in [0.4, 0.5) is 0 Å². The summed E-state index contributed by atoms with van der Waals surface area (Å²) in [5.74, 6) is -0.263. The molecule has 3 rings (SSSR count). The summed E-state index contributed by atoms with van der Waals surface area (Å²) in [5, 5.41) is 9.93. The molecule has 4 nitrogen and oxygen atoms in total. The number of nitrogens with zero attached hydrogens (tertiary/aromatic N) is 1. The smallest absolute Gasteiger partial charge is 0.323 e. The van der Waals surface area contributed by atoms with Crippen LogP contribution in [0.3, 0.4) is 0 Å². The molecule has 0 amide bonds. The first-order valence-corrected chi connectivity index (χ1v) is 7.89. The molecule has 1 N–H and O–H groups in total. The number of aliphatic hydroxyl groups excluding tert-OH is 1. The molecule has 0 saturated carbocycles. The molecule has 0 aromatic heterocycles. The van der Waals surface area contributed by atoms with Gasteiger partial charge in [-0.25, -0.2) is 0 Å². The first-order chi connectivity index (χ1) is 11.2. The highest BCUT2D eigenvalue weighted by atomic mass is 16.5. The molecule has 1 fully saturated rings. The summed E-state index contributed by atoms with van der Waals surface area (Å²) in [5.41, 5.74) is 2.09. The summed E-state index contributed by atoms with van der Waals surface area (Å²) in [6.07, 6.45) is -0.0477. The second-order valence-corrected chi connectivity index (χ2v) is 5.91. The molecule has 0 aliphatic carbocycles. The van der Waals surface area contributed by atoms with Crippen molar-refractivity contribution in [2.45, 2.75) is 31.7 Å². The second-order valence-electron chi connectivity index (χ2n) is 5.91. The molecule has 4 heteroatoms. The molecule has 1 aliphatic heterocycles. The first-order valence-electron chi connectivity index (χ1n) is 7.89. The lowest BCUT2D eigenvalue weighted by molar-refractivity contribution is -0.150. The van der Waals surface area contributed by atoms with Gasteiger partial charge in [0.15, 0.2) is 0 Å². The Bertz CT molecular complexity index is 630. The van der Waals surface area contributed by atoms with E-state index < -0.39 is 6.10 Å². The van der Waals surface area contributed by atoms with Crippen LogP contribution in [0.25, 0.3) is 0 Å². The van der Waals surface area contributed by atoms with Crippen molar-refractivity contribution >= 4 is 5.97 Å². The average molecular weight is 311 g/mol. The van der Waals surface area contributed by atoms with E-state index in [0.717, 1.165) is 11.1 Å². The topological polar surface area (TPSA) is 49.8 Å². The predicted octanol–water partition coefficient (Wildman–Crippen LogP) is 2.37. The van der Waals surface area contributed by atoms with Crippen molar-refractivity contribution in [2.75, 3.05) is 6.54 Å². The Morgan fingerprint density at radius 2 is 1.65 bits per heavy atom. The molecule has 2 aromatic carbocycles. The lowest BCUT2D eigenvalue weighted by Gasteiger charge is -2.22. The minimum atomic E-state index is -0.479. The lowest BCUT2D eigenvalue weighted by Crippen LogP contribution is -2.36. The molecule has 0 spiro atoms. The summed E-state index contributed by atoms with van der Waals surface area (Å²) < 4.78 is 5.44. The fraction of sp³-hybridized carbons (Fsp3) is 0.316. The number of hydrogen-bond acceptors (Lipinski definition) is 4. The molecule has 2 atom stereocenters. The largest absolute Gasteiger partial charge is 0.460 e. The fourth-order valence-corrected chi connectivity index (χ4v) is 2.94. The molecular formula is C19H21NO3. The fourth-order valence-electron chi connectivity index (χ4n) is 2.94. The van der Waals surface area contributed by atoms with E-state index in [-0.39, 0.29) is 18.6 Å². The Kier molecular flexibility index (Phi) is 5.05. The van der Waals surface area contributed by atoms with Crippen LogP contribution in [-0.4, -0.2) is 34.7 Å². The molecule has 0 unspecified atom stereocenters. The number of β-amino-alcohol motifs (C(OH)–C–C–N with tert-alkyl or cyclic N) is 1. The standard InChI is InChI=1S/C19H21NO3/c21-17-11-18(19(22)23-14-16-9-5-2-6-10-16)20(13-17)12-15-7-3-1-4-8-15/h1-10,17-18,21H,11-14H2/t17-,18-/m1/s1. The summed E-state index contributed by atoms with van der Waals surface area (Å²) in [4.78, 5) is 14.4. The molecule has 23 heavy (non-hydrogen) atoms. The number of benzene rings is 2. The molecular weight excluding hydrogens is 290 g/mol. The average Bonchev–Trinajstić information content (AvgIpc) is 2.95. The molecule has 0 radical (unpaired) electrons. The number of rotatable bonds is 5. The number of aliphatic hydroxyl groups is 1. The van der Waals surface area contributed by atoms with Gasteiger partial charge in [0.2, 0.25) is 0 Å². The van der Waals surface area contributed by atoms with Crippen molar-refractivity contribution in [3.8, 4) is 0 Å². The zero-order valence-corrected chi connectivity index (χ0v) is 13.0. The van der Waals surface area contributed by atoms with Gasteiger partial charge in [-0.3, -0.25) is 9.69 Å². The third-order valence-corrected chi connectivity index (χ3v) is 4.11. The van der Waals surface area contributed by atoms with Crippen molar-refractivity contribution in [3.63, 3.8) is 0 Å². The third kappa shape index (κ3) is 4.18. The van der Waals surface area contributed by atoms with Crippen molar-refractivity contribution in [1.82, 2.24) is 4.90 Å². The van der Waals surface area contributed by atoms with Crippen LogP contribution in [0.2, 0.25) is 0 Å². The molecule has 0 bridgehead atoms. The van der Waals surface area contributed by atoms with Crippen LogP contribution in [0.15, 0.2) is 60.7 Å². The quantitative estimate of drug-likeness (QED) is 0.861. The van der Waals surface area contributed by atoms with E-state index in [9.17, 15) is 9.90 Å².